The predicted molar refractivity (Wildman–Crippen MR) is 86.8 cm³/mol. The van der Waals surface area contributed by atoms with Gasteiger partial charge in [0.05, 0.1) is 6.61 Å². The van der Waals surface area contributed by atoms with Crippen LogP contribution in [-0.2, 0) is 16.6 Å². The van der Waals surface area contributed by atoms with Crippen LogP contribution in [0.25, 0.3) is 11.3 Å². The van der Waals surface area contributed by atoms with E-state index in [2.05, 4.69) is 9.84 Å². The van der Waals surface area contributed by atoms with E-state index >= 15 is 0 Å². The smallest absolute Gasteiger partial charge is 0.388 e. The fraction of sp³-hybridized carbons (Fsp3) is 0.412. The Morgan fingerprint density at radius 3 is 2.62 bits per heavy atom. The van der Waals surface area contributed by atoms with Gasteiger partial charge in [0.1, 0.15) is 17.3 Å². The van der Waals surface area contributed by atoms with Crippen LogP contribution in [0.1, 0.15) is 18.1 Å². The molecular weight excluding hydrogens is 353 g/mol. The number of hydrogen-bond donors (Lipinski definition) is 0. The first-order valence-corrected chi connectivity index (χ1v) is 7.81. The monoisotopic (exact) mass is 372 g/mol. The van der Waals surface area contributed by atoms with Gasteiger partial charge >= 0.3 is 12.6 Å². The molecule has 0 amide bonds. The highest BCUT2D eigenvalue weighted by atomic mass is 19.3. The number of benzene rings is 1. The Labute approximate surface area is 148 Å². The third-order valence-electron chi connectivity index (χ3n) is 3.59. The lowest BCUT2D eigenvalue weighted by Gasteiger charge is -2.11. The molecule has 6 nitrogen and oxygen atoms in total. The second-order valence-electron chi connectivity index (χ2n) is 5.47. The maximum atomic E-state index is 14.4. The van der Waals surface area contributed by atoms with E-state index in [0.717, 1.165) is 4.68 Å². The Morgan fingerprint density at radius 1 is 1.31 bits per heavy atom. The quantitative estimate of drug-likeness (QED) is 0.697. The molecule has 2 rings (SSSR count). The predicted octanol–water partition coefficient (Wildman–Crippen LogP) is 3.39. The van der Waals surface area contributed by atoms with Crippen molar-refractivity contribution in [3.05, 3.63) is 29.1 Å². The Bertz CT molecular complexity index is 806. The van der Waals surface area contributed by atoms with Crippen molar-refractivity contribution in [2.24, 2.45) is 7.05 Å². The number of aryl methyl sites for hydroxylation is 2. The molecule has 0 aliphatic carbocycles. The van der Waals surface area contributed by atoms with Crippen LogP contribution in [-0.4, -0.2) is 35.6 Å². The number of aromatic nitrogens is 2. The summed E-state index contributed by atoms with van der Waals surface area (Å²) in [6.07, 6.45) is 0. The van der Waals surface area contributed by atoms with Crippen LogP contribution in [0.5, 0.6) is 11.6 Å². The zero-order valence-electron chi connectivity index (χ0n) is 14.8. The third kappa shape index (κ3) is 4.27. The Balaban J connectivity index is 2.38. The van der Waals surface area contributed by atoms with Crippen LogP contribution in [0.15, 0.2) is 12.1 Å². The van der Waals surface area contributed by atoms with Gasteiger partial charge in [-0.1, -0.05) is 0 Å². The van der Waals surface area contributed by atoms with Gasteiger partial charge in [0.2, 0.25) is 5.88 Å². The summed E-state index contributed by atoms with van der Waals surface area (Å²) in [4.78, 5) is 11.4. The second-order valence-corrected chi connectivity index (χ2v) is 5.47. The number of halogens is 3. The summed E-state index contributed by atoms with van der Waals surface area (Å²) in [7, 11) is 1.42. The van der Waals surface area contributed by atoms with Gasteiger partial charge in [0, 0.05) is 18.2 Å². The number of alkyl halides is 2. The highest BCUT2D eigenvalue weighted by Crippen LogP contribution is 2.35. The number of nitrogens with zero attached hydrogens (tertiary/aromatic N) is 2. The molecule has 26 heavy (non-hydrogen) atoms. The molecule has 0 spiro atoms. The number of carbonyl (C=O) groups excluding carboxylic acids is 1. The molecule has 0 saturated heterocycles. The largest absolute Gasteiger partial charge is 0.482 e. The van der Waals surface area contributed by atoms with Gasteiger partial charge in [0.15, 0.2) is 6.61 Å². The summed E-state index contributed by atoms with van der Waals surface area (Å²) >= 11 is 0. The fourth-order valence-electron chi connectivity index (χ4n) is 2.45. The number of rotatable bonds is 7. The Morgan fingerprint density at radius 2 is 2.00 bits per heavy atom. The molecule has 0 N–H and O–H groups in total. The number of hydrogen-bond acceptors (Lipinski definition) is 5. The van der Waals surface area contributed by atoms with Gasteiger partial charge in [-0.05, 0) is 38.5 Å². The van der Waals surface area contributed by atoms with Crippen molar-refractivity contribution in [1.29, 1.82) is 0 Å². The van der Waals surface area contributed by atoms with Crippen LogP contribution < -0.4 is 9.47 Å². The van der Waals surface area contributed by atoms with Crippen molar-refractivity contribution in [3.63, 3.8) is 0 Å². The first-order chi connectivity index (χ1) is 12.2. The maximum Gasteiger partial charge on any atom is 0.388 e. The zero-order chi connectivity index (χ0) is 19.4. The Kier molecular flexibility index (Phi) is 6.12. The summed E-state index contributed by atoms with van der Waals surface area (Å²) in [6, 6.07) is 2.59. The van der Waals surface area contributed by atoms with E-state index in [1.54, 1.807) is 13.8 Å². The van der Waals surface area contributed by atoms with Crippen LogP contribution in [0, 0.1) is 19.7 Å². The Hall–Kier alpha value is -2.71. The van der Waals surface area contributed by atoms with E-state index < -0.39 is 18.4 Å². The summed E-state index contributed by atoms with van der Waals surface area (Å²) in [6.45, 7) is 1.64. The maximum absolute atomic E-state index is 14.4. The fourth-order valence-corrected chi connectivity index (χ4v) is 2.45. The molecule has 1 aromatic heterocycles. The van der Waals surface area contributed by atoms with Gasteiger partial charge < -0.3 is 14.2 Å². The SMILES string of the molecule is CCOC(=O)COc1cc(-c2nn(C)c(OC(F)F)c2C)c(F)cc1C. The molecular formula is C17H19F3N2O4. The van der Waals surface area contributed by atoms with Crippen LogP contribution in [0.2, 0.25) is 0 Å². The summed E-state index contributed by atoms with van der Waals surface area (Å²) in [5.74, 6) is -1.06. The van der Waals surface area contributed by atoms with Gasteiger partial charge in [-0.2, -0.15) is 13.9 Å². The number of esters is 1. The minimum atomic E-state index is -3.02. The average Bonchev–Trinajstić information content (AvgIpc) is 2.82. The van der Waals surface area contributed by atoms with Crippen molar-refractivity contribution in [1.82, 2.24) is 9.78 Å². The van der Waals surface area contributed by atoms with E-state index in [9.17, 15) is 18.0 Å². The molecule has 0 aliphatic heterocycles. The molecule has 0 unspecified atom stereocenters. The minimum Gasteiger partial charge on any atom is -0.482 e. The first-order valence-electron chi connectivity index (χ1n) is 7.81. The van der Waals surface area contributed by atoms with Gasteiger partial charge in [-0.3, -0.25) is 0 Å². The average molecular weight is 372 g/mol. The number of ether oxygens (including phenoxy) is 3. The highest BCUT2D eigenvalue weighted by Gasteiger charge is 2.22. The molecule has 9 heteroatoms. The van der Waals surface area contributed by atoms with Crippen molar-refractivity contribution < 1.29 is 32.2 Å². The summed E-state index contributed by atoms with van der Waals surface area (Å²) in [5, 5.41) is 4.06. The van der Waals surface area contributed by atoms with E-state index in [4.69, 9.17) is 9.47 Å². The topological polar surface area (TPSA) is 62.6 Å². The molecule has 2 aromatic rings. The van der Waals surface area contributed by atoms with E-state index in [0.29, 0.717) is 5.56 Å². The van der Waals surface area contributed by atoms with Crippen LogP contribution in [0.4, 0.5) is 13.2 Å². The summed E-state index contributed by atoms with van der Waals surface area (Å²) < 4.78 is 55.2. The third-order valence-corrected chi connectivity index (χ3v) is 3.59. The molecule has 1 heterocycles. The normalized spacial score (nSPS) is 10.9. The van der Waals surface area contributed by atoms with Crippen LogP contribution >= 0.6 is 0 Å². The lowest BCUT2D eigenvalue weighted by atomic mass is 10.0. The van der Waals surface area contributed by atoms with E-state index in [1.165, 1.54) is 26.1 Å². The van der Waals surface area contributed by atoms with E-state index in [-0.39, 0.29) is 41.7 Å². The number of carbonyl (C=O) groups is 1. The molecule has 0 radical (unpaired) electrons. The van der Waals surface area contributed by atoms with Gasteiger partial charge in [0.25, 0.3) is 0 Å². The van der Waals surface area contributed by atoms with E-state index in [1.807, 2.05) is 0 Å². The first kappa shape index (κ1) is 19.6. The van der Waals surface area contributed by atoms with Crippen molar-refractivity contribution >= 4 is 5.97 Å². The second kappa shape index (κ2) is 8.11. The molecule has 0 bridgehead atoms. The lowest BCUT2D eigenvalue weighted by molar-refractivity contribution is -0.145. The zero-order valence-corrected chi connectivity index (χ0v) is 14.8. The van der Waals surface area contributed by atoms with Crippen molar-refractivity contribution in [3.8, 4) is 22.9 Å². The van der Waals surface area contributed by atoms with Crippen LogP contribution in [0.3, 0.4) is 0 Å². The molecule has 1 aromatic carbocycles. The molecule has 0 saturated carbocycles. The lowest BCUT2D eigenvalue weighted by Crippen LogP contribution is -2.15. The minimum absolute atomic E-state index is 0.0478. The molecule has 0 atom stereocenters. The molecule has 0 fully saturated rings. The molecule has 142 valence electrons. The van der Waals surface area contributed by atoms with Crippen molar-refractivity contribution in [2.75, 3.05) is 13.2 Å². The standard InChI is InChI=1S/C17H19F3N2O4/c1-5-24-14(23)8-25-13-7-11(12(18)6-9(13)2)15-10(3)16(22(4)21-15)26-17(19)20/h6-7,17H,5,8H2,1-4H3. The van der Waals surface area contributed by atoms with Crippen molar-refractivity contribution in [2.45, 2.75) is 27.4 Å². The summed E-state index contributed by atoms with van der Waals surface area (Å²) in [5.41, 5.74) is 0.911. The highest BCUT2D eigenvalue weighted by molar-refractivity contribution is 5.72. The van der Waals surface area contributed by atoms with Gasteiger partial charge in [-0.15, -0.1) is 0 Å². The molecule has 0 aliphatic rings. The van der Waals surface area contributed by atoms with Gasteiger partial charge in [-0.25, -0.2) is 13.9 Å².